The van der Waals surface area contributed by atoms with Gasteiger partial charge in [0.05, 0.1) is 5.60 Å². The Kier molecular flexibility index (Phi) is 5.11. The van der Waals surface area contributed by atoms with Crippen molar-refractivity contribution in [3.8, 4) is 0 Å². The molecule has 0 radical (unpaired) electrons. The molecule has 17 heavy (non-hydrogen) atoms. The summed E-state index contributed by atoms with van der Waals surface area (Å²) in [6, 6.07) is -0.112. The number of imidazole rings is 1. The summed E-state index contributed by atoms with van der Waals surface area (Å²) in [7, 11) is 1.71. The second kappa shape index (κ2) is 6.14. The Balaban J connectivity index is 3.04. The summed E-state index contributed by atoms with van der Waals surface area (Å²) >= 11 is 0. The Morgan fingerprint density at radius 2 is 2.29 bits per heavy atom. The number of nitrogens with one attached hydrogen (secondary N) is 1. The molecule has 2 unspecified atom stereocenters. The molecule has 1 rings (SSSR count). The van der Waals surface area contributed by atoms with Gasteiger partial charge in [-0.15, -0.1) is 0 Å². The lowest BCUT2D eigenvalue weighted by Crippen LogP contribution is -2.46. The van der Waals surface area contributed by atoms with Crippen molar-refractivity contribution >= 4 is 0 Å². The van der Waals surface area contributed by atoms with Crippen molar-refractivity contribution in [2.24, 2.45) is 5.84 Å². The van der Waals surface area contributed by atoms with E-state index in [4.69, 9.17) is 10.6 Å². The van der Waals surface area contributed by atoms with Gasteiger partial charge >= 0.3 is 0 Å². The average molecular weight is 240 g/mol. The van der Waals surface area contributed by atoms with Crippen molar-refractivity contribution < 1.29 is 4.74 Å². The van der Waals surface area contributed by atoms with Crippen molar-refractivity contribution in [2.45, 2.75) is 51.8 Å². The third kappa shape index (κ3) is 2.86. The molecule has 0 saturated carbocycles. The molecule has 0 spiro atoms. The fourth-order valence-corrected chi connectivity index (χ4v) is 2.00. The fraction of sp³-hybridized carbons (Fsp3) is 0.750. The molecule has 0 fully saturated rings. The third-order valence-corrected chi connectivity index (χ3v) is 3.42. The van der Waals surface area contributed by atoms with Crippen LogP contribution in [-0.4, -0.2) is 22.3 Å². The molecule has 0 saturated heterocycles. The Morgan fingerprint density at radius 3 is 2.76 bits per heavy atom. The van der Waals surface area contributed by atoms with Crippen molar-refractivity contribution in [2.75, 3.05) is 7.11 Å². The van der Waals surface area contributed by atoms with E-state index in [1.165, 1.54) is 0 Å². The summed E-state index contributed by atoms with van der Waals surface area (Å²) in [5, 5.41) is 0. The standard InChI is InChI=1S/C12H24N4O/c1-5-8-16-9-7-14-11(16)10(15-13)12(3,6-2)17-4/h7,9-10,15H,5-6,8,13H2,1-4H3. The van der Waals surface area contributed by atoms with Gasteiger partial charge in [-0.05, 0) is 19.8 Å². The lowest BCUT2D eigenvalue weighted by Gasteiger charge is -2.35. The lowest BCUT2D eigenvalue weighted by molar-refractivity contribution is -0.0332. The van der Waals surface area contributed by atoms with Crippen molar-refractivity contribution in [1.82, 2.24) is 15.0 Å². The highest BCUT2D eigenvalue weighted by Crippen LogP contribution is 2.30. The molecule has 5 nitrogen and oxygen atoms in total. The van der Waals surface area contributed by atoms with Crippen molar-refractivity contribution in [1.29, 1.82) is 0 Å². The maximum absolute atomic E-state index is 5.68. The first-order valence-electron chi connectivity index (χ1n) is 6.15. The minimum Gasteiger partial charge on any atom is -0.376 e. The van der Waals surface area contributed by atoms with E-state index in [1.54, 1.807) is 13.3 Å². The second-order valence-electron chi connectivity index (χ2n) is 4.45. The van der Waals surface area contributed by atoms with Crippen LogP contribution in [0.4, 0.5) is 0 Å². The van der Waals surface area contributed by atoms with Crippen molar-refractivity contribution in [3.05, 3.63) is 18.2 Å². The molecule has 2 atom stereocenters. The first-order valence-corrected chi connectivity index (χ1v) is 6.15. The largest absolute Gasteiger partial charge is 0.376 e. The predicted octanol–water partition coefficient (Wildman–Crippen LogP) is 1.61. The molecule has 0 amide bonds. The highest BCUT2D eigenvalue weighted by molar-refractivity contribution is 5.06. The molecule has 1 heterocycles. The Morgan fingerprint density at radius 1 is 1.59 bits per heavy atom. The molecular formula is C12H24N4O. The normalized spacial score (nSPS) is 16.8. The average Bonchev–Trinajstić information content (AvgIpc) is 2.78. The van der Waals surface area contributed by atoms with Gasteiger partial charge in [-0.3, -0.25) is 5.84 Å². The Hall–Kier alpha value is -0.910. The molecule has 0 aliphatic carbocycles. The molecule has 98 valence electrons. The van der Waals surface area contributed by atoms with Gasteiger partial charge in [-0.1, -0.05) is 13.8 Å². The number of aryl methyl sites for hydroxylation is 1. The van der Waals surface area contributed by atoms with Gasteiger partial charge in [-0.2, -0.15) is 0 Å². The van der Waals surface area contributed by atoms with Crippen LogP contribution in [0.15, 0.2) is 12.4 Å². The zero-order chi connectivity index (χ0) is 12.9. The molecule has 0 bridgehead atoms. The predicted molar refractivity (Wildman–Crippen MR) is 68.3 cm³/mol. The molecule has 5 heteroatoms. The maximum Gasteiger partial charge on any atom is 0.130 e. The zero-order valence-corrected chi connectivity index (χ0v) is 11.2. The van der Waals surface area contributed by atoms with Crippen LogP contribution in [0.1, 0.15) is 45.5 Å². The van der Waals surface area contributed by atoms with Gasteiger partial charge in [0.15, 0.2) is 0 Å². The quantitative estimate of drug-likeness (QED) is 0.561. The number of ether oxygens (including phenoxy) is 1. The van der Waals surface area contributed by atoms with Crippen LogP contribution in [-0.2, 0) is 11.3 Å². The van der Waals surface area contributed by atoms with Crippen LogP contribution < -0.4 is 11.3 Å². The van der Waals surface area contributed by atoms with Gasteiger partial charge in [0.25, 0.3) is 0 Å². The van der Waals surface area contributed by atoms with Crippen LogP contribution >= 0.6 is 0 Å². The van der Waals surface area contributed by atoms with E-state index in [0.29, 0.717) is 0 Å². The second-order valence-corrected chi connectivity index (χ2v) is 4.45. The molecule has 0 aromatic carbocycles. The Bertz CT molecular complexity index is 333. The highest BCUT2D eigenvalue weighted by atomic mass is 16.5. The molecule has 0 aliphatic rings. The minimum atomic E-state index is -0.356. The summed E-state index contributed by atoms with van der Waals surface area (Å²) < 4.78 is 7.72. The first kappa shape index (κ1) is 14.2. The number of hydrazine groups is 1. The summed E-state index contributed by atoms with van der Waals surface area (Å²) in [4.78, 5) is 4.41. The zero-order valence-electron chi connectivity index (χ0n) is 11.2. The van der Waals surface area contributed by atoms with E-state index < -0.39 is 0 Å². The number of aromatic nitrogens is 2. The number of nitrogens with zero attached hydrogens (tertiary/aromatic N) is 2. The van der Waals surface area contributed by atoms with E-state index in [0.717, 1.165) is 25.2 Å². The van der Waals surface area contributed by atoms with E-state index in [9.17, 15) is 0 Å². The molecule has 0 aliphatic heterocycles. The van der Waals surface area contributed by atoms with Gasteiger partial charge in [0.1, 0.15) is 11.9 Å². The Labute approximate surface area is 103 Å². The van der Waals surface area contributed by atoms with Crippen LogP contribution in [0.25, 0.3) is 0 Å². The van der Waals surface area contributed by atoms with Crippen LogP contribution in [0.3, 0.4) is 0 Å². The topological polar surface area (TPSA) is 65.1 Å². The maximum atomic E-state index is 5.68. The highest BCUT2D eigenvalue weighted by Gasteiger charge is 2.35. The fourth-order valence-electron chi connectivity index (χ4n) is 2.00. The third-order valence-electron chi connectivity index (χ3n) is 3.42. The summed E-state index contributed by atoms with van der Waals surface area (Å²) in [6.07, 6.45) is 5.71. The van der Waals surface area contributed by atoms with Gasteiger partial charge in [0.2, 0.25) is 0 Å². The molecule has 3 N–H and O–H groups in total. The number of rotatable bonds is 7. The monoisotopic (exact) mass is 240 g/mol. The summed E-state index contributed by atoms with van der Waals surface area (Å²) in [5.74, 6) is 6.61. The van der Waals surface area contributed by atoms with Gasteiger partial charge in [-0.25, -0.2) is 10.4 Å². The molecule has 1 aromatic heterocycles. The van der Waals surface area contributed by atoms with E-state index in [1.807, 2.05) is 13.1 Å². The SMILES string of the molecule is CCCn1ccnc1C(NN)C(C)(CC)OC. The molecular weight excluding hydrogens is 216 g/mol. The minimum absolute atomic E-state index is 0.112. The number of nitrogens with two attached hydrogens (primary N) is 1. The summed E-state index contributed by atoms with van der Waals surface area (Å²) in [5.41, 5.74) is 2.48. The summed E-state index contributed by atoms with van der Waals surface area (Å²) in [6.45, 7) is 7.21. The number of methoxy groups -OCH3 is 1. The number of hydrogen-bond donors (Lipinski definition) is 2. The van der Waals surface area contributed by atoms with Gasteiger partial charge in [0, 0.05) is 26.0 Å². The molecule has 1 aromatic rings. The number of hydrogen-bond acceptors (Lipinski definition) is 4. The van der Waals surface area contributed by atoms with E-state index in [2.05, 4.69) is 28.8 Å². The van der Waals surface area contributed by atoms with Gasteiger partial charge < -0.3 is 9.30 Å². The first-order chi connectivity index (χ1) is 8.12. The van der Waals surface area contributed by atoms with Crippen molar-refractivity contribution in [3.63, 3.8) is 0 Å². The lowest BCUT2D eigenvalue weighted by atomic mass is 9.93. The van der Waals surface area contributed by atoms with Crippen LogP contribution in [0.2, 0.25) is 0 Å². The van der Waals surface area contributed by atoms with Crippen LogP contribution in [0, 0.1) is 0 Å². The van der Waals surface area contributed by atoms with E-state index >= 15 is 0 Å². The smallest absolute Gasteiger partial charge is 0.130 e. The van der Waals surface area contributed by atoms with Crippen LogP contribution in [0.5, 0.6) is 0 Å². The van der Waals surface area contributed by atoms with E-state index in [-0.39, 0.29) is 11.6 Å².